The van der Waals surface area contributed by atoms with Gasteiger partial charge in [0.2, 0.25) is 0 Å². The number of nitrogens with zero attached hydrogens (tertiary/aromatic N) is 3. The Morgan fingerprint density at radius 3 is 2.50 bits per heavy atom. The minimum atomic E-state index is -1.20. The Kier molecular flexibility index (Phi) is 4.93. The van der Waals surface area contributed by atoms with Gasteiger partial charge in [-0.15, -0.1) is 10.2 Å². The molecule has 0 radical (unpaired) electrons. The van der Waals surface area contributed by atoms with Gasteiger partial charge in [-0.05, 0) is 25.5 Å². The Balaban J connectivity index is 2.00. The maximum atomic E-state index is 12.8. The number of methoxy groups -OCH3 is 1. The lowest BCUT2D eigenvalue weighted by molar-refractivity contribution is -0.224. The molecule has 1 aromatic carbocycles. The average Bonchev–Trinajstić information content (AvgIpc) is 2.90. The normalized spacial score (nSPS) is 19.6. The third-order valence-electron chi connectivity index (χ3n) is 4.46. The second kappa shape index (κ2) is 7.06. The zero-order valence-corrected chi connectivity index (χ0v) is 16.3. The molecule has 2 aliphatic rings. The van der Waals surface area contributed by atoms with E-state index in [2.05, 4.69) is 10.2 Å². The van der Waals surface area contributed by atoms with Gasteiger partial charge in [0.1, 0.15) is 0 Å². The fourth-order valence-electron chi connectivity index (χ4n) is 2.92. The van der Waals surface area contributed by atoms with Crippen LogP contribution in [0.5, 0.6) is 0 Å². The summed E-state index contributed by atoms with van der Waals surface area (Å²) in [7, 11) is 1.33. The predicted octanol–water partition coefficient (Wildman–Crippen LogP) is 3.29. The monoisotopic (exact) mass is 387 g/mol. The number of benzene rings is 1. The highest BCUT2D eigenvalue weighted by Gasteiger charge is 2.40. The van der Waals surface area contributed by atoms with Gasteiger partial charge in [0, 0.05) is 19.9 Å². The molecule has 0 fully saturated rings. The van der Waals surface area contributed by atoms with E-state index in [1.807, 2.05) is 6.92 Å². The first-order valence-electron chi connectivity index (χ1n) is 8.83. The van der Waals surface area contributed by atoms with Gasteiger partial charge < -0.3 is 14.2 Å². The van der Waals surface area contributed by atoms with E-state index in [0.29, 0.717) is 6.42 Å². The number of amides is 2. The topological polar surface area (TPSA) is 107 Å². The Hall–Kier alpha value is -3.23. The van der Waals surface area contributed by atoms with Gasteiger partial charge in [-0.2, -0.15) is 0 Å². The summed E-state index contributed by atoms with van der Waals surface area (Å²) in [4.78, 5) is 38.8. The second-order valence-corrected chi connectivity index (χ2v) is 6.87. The number of ether oxygens (including phenoxy) is 3. The molecular weight excluding hydrogens is 366 g/mol. The molecule has 0 spiro atoms. The number of rotatable bonds is 5. The Morgan fingerprint density at radius 2 is 1.86 bits per heavy atom. The summed E-state index contributed by atoms with van der Waals surface area (Å²) in [5.74, 6) is -2.91. The molecule has 0 aromatic heterocycles. The van der Waals surface area contributed by atoms with E-state index in [9.17, 15) is 14.4 Å². The fraction of sp³-hybridized carbons (Fsp3) is 0.421. The Labute approximate surface area is 162 Å². The van der Waals surface area contributed by atoms with Crippen LogP contribution in [0.2, 0.25) is 0 Å². The molecule has 28 heavy (non-hydrogen) atoms. The van der Waals surface area contributed by atoms with Crippen LogP contribution >= 0.6 is 0 Å². The number of cyclic esters (lactones) is 1. The van der Waals surface area contributed by atoms with Crippen LogP contribution in [0.3, 0.4) is 0 Å². The quantitative estimate of drug-likeness (QED) is 0.436. The van der Waals surface area contributed by atoms with Crippen molar-refractivity contribution in [3.05, 3.63) is 41.0 Å². The third kappa shape index (κ3) is 3.23. The maximum absolute atomic E-state index is 12.8. The number of hydrogen-bond donors (Lipinski definition) is 0. The van der Waals surface area contributed by atoms with Gasteiger partial charge in [0.15, 0.2) is 0 Å². The summed E-state index contributed by atoms with van der Waals surface area (Å²) >= 11 is 0. The molecule has 0 bridgehead atoms. The van der Waals surface area contributed by atoms with Crippen molar-refractivity contribution in [2.75, 3.05) is 7.11 Å². The zero-order chi connectivity index (χ0) is 20.6. The first-order chi connectivity index (χ1) is 13.2. The van der Waals surface area contributed by atoms with Crippen molar-refractivity contribution >= 4 is 23.5 Å². The van der Waals surface area contributed by atoms with Gasteiger partial charge >= 0.3 is 11.9 Å². The summed E-state index contributed by atoms with van der Waals surface area (Å²) < 4.78 is 15.6. The number of carbonyl (C=O) groups excluding carboxylic acids is 3. The van der Waals surface area contributed by atoms with Crippen molar-refractivity contribution in [2.45, 2.75) is 45.9 Å². The molecule has 9 nitrogen and oxygen atoms in total. The van der Waals surface area contributed by atoms with E-state index in [-0.39, 0.29) is 40.4 Å². The molecular formula is C19H21N3O6. The largest absolute Gasteiger partial charge is 0.467 e. The van der Waals surface area contributed by atoms with Crippen molar-refractivity contribution in [1.82, 2.24) is 4.90 Å². The lowest BCUT2D eigenvalue weighted by Crippen LogP contribution is -2.37. The van der Waals surface area contributed by atoms with Crippen molar-refractivity contribution in [2.24, 2.45) is 10.2 Å². The van der Waals surface area contributed by atoms with Crippen LogP contribution in [0.4, 0.5) is 5.69 Å². The summed E-state index contributed by atoms with van der Waals surface area (Å²) in [5.41, 5.74) is 0.310. The minimum Gasteiger partial charge on any atom is -0.467 e. The minimum absolute atomic E-state index is 0.138. The molecule has 3 rings (SSSR count). The summed E-state index contributed by atoms with van der Waals surface area (Å²) in [6.45, 7) is 6.80. The van der Waals surface area contributed by atoms with Gasteiger partial charge in [-0.1, -0.05) is 13.0 Å². The molecule has 0 aliphatic carbocycles. The molecule has 0 saturated carbocycles. The SMILES string of the molecule is CCC(C)N1C(=O)c2cccc(N=NC3=C(OC)OC(C)(C)OC3=O)c2C1=O. The number of hydrogen-bond acceptors (Lipinski definition) is 8. The smallest absolute Gasteiger partial charge is 0.369 e. The molecule has 0 saturated heterocycles. The van der Waals surface area contributed by atoms with Crippen LogP contribution in [0.1, 0.15) is 54.8 Å². The van der Waals surface area contributed by atoms with Gasteiger partial charge in [-0.3, -0.25) is 14.5 Å². The fourth-order valence-corrected chi connectivity index (χ4v) is 2.92. The summed E-state index contributed by atoms with van der Waals surface area (Å²) in [5, 5.41) is 7.89. The number of fused-ring (bicyclic) bond motifs is 1. The highest BCUT2D eigenvalue weighted by Crippen LogP contribution is 2.34. The maximum Gasteiger partial charge on any atom is 0.369 e. The molecule has 0 N–H and O–H groups in total. The first kappa shape index (κ1) is 19.5. The van der Waals surface area contributed by atoms with Gasteiger partial charge in [0.05, 0.1) is 23.9 Å². The van der Waals surface area contributed by atoms with E-state index in [0.717, 1.165) is 0 Å². The average molecular weight is 387 g/mol. The standard InChI is InChI=1S/C19H21N3O6/c1-6-10(2)22-15(23)11-8-7-9-12(13(11)16(22)24)20-21-14-17(25)27-19(3,4)28-18(14)26-5/h7-10H,6H2,1-5H3. The number of carbonyl (C=O) groups is 3. The molecule has 2 aliphatic heterocycles. The van der Waals surface area contributed by atoms with Gasteiger partial charge in [0.25, 0.3) is 23.3 Å². The highest BCUT2D eigenvalue weighted by molar-refractivity contribution is 6.23. The molecule has 9 heteroatoms. The molecule has 2 amide bonds. The van der Waals surface area contributed by atoms with Crippen molar-refractivity contribution in [3.63, 3.8) is 0 Å². The number of azo groups is 1. The van der Waals surface area contributed by atoms with Crippen LogP contribution in [0, 0.1) is 0 Å². The van der Waals surface area contributed by atoms with E-state index in [1.165, 1.54) is 12.0 Å². The van der Waals surface area contributed by atoms with Crippen LogP contribution < -0.4 is 0 Å². The predicted molar refractivity (Wildman–Crippen MR) is 96.5 cm³/mol. The first-order valence-corrected chi connectivity index (χ1v) is 8.83. The highest BCUT2D eigenvalue weighted by atomic mass is 16.8. The van der Waals surface area contributed by atoms with Crippen molar-refractivity contribution < 1.29 is 28.6 Å². The Morgan fingerprint density at radius 1 is 1.14 bits per heavy atom. The van der Waals surface area contributed by atoms with Crippen LogP contribution in [-0.2, 0) is 19.0 Å². The van der Waals surface area contributed by atoms with Crippen LogP contribution in [0.15, 0.2) is 40.1 Å². The van der Waals surface area contributed by atoms with Crippen molar-refractivity contribution in [1.29, 1.82) is 0 Å². The molecule has 1 unspecified atom stereocenters. The Bertz CT molecular complexity index is 918. The van der Waals surface area contributed by atoms with Crippen LogP contribution in [-0.4, -0.2) is 41.6 Å². The molecule has 1 aromatic rings. The van der Waals surface area contributed by atoms with E-state index in [4.69, 9.17) is 14.2 Å². The molecule has 1 atom stereocenters. The lowest BCUT2D eigenvalue weighted by atomic mass is 10.1. The summed E-state index contributed by atoms with van der Waals surface area (Å²) in [6.07, 6.45) is 0.630. The van der Waals surface area contributed by atoms with E-state index < -0.39 is 17.7 Å². The van der Waals surface area contributed by atoms with E-state index >= 15 is 0 Å². The second-order valence-electron chi connectivity index (χ2n) is 6.87. The molecule has 148 valence electrons. The third-order valence-corrected chi connectivity index (χ3v) is 4.46. The number of esters is 1. The van der Waals surface area contributed by atoms with Crippen LogP contribution in [0.25, 0.3) is 0 Å². The molecule has 2 heterocycles. The van der Waals surface area contributed by atoms with Gasteiger partial charge in [-0.25, -0.2) is 4.79 Å². The zero-order valence-electron chi connectivity index (χ0n) is 16.3. The van der Waals surface area contributed by atoms with E-state index in [1.54, 1.807) is 39.0 Å². The van der Waals surface area contributed by atoms with Crippen molar-refractivity contribution in [3.8, 4) is 0 Å². The lowest BCUT2D eigenvalue weighted by Gasteiger charge is -2.30. The summed E-state index contributed by atoms with van der Waals surface area (Å²) in [6, 6.07) is 4.46. The number of imide groups is 1.